The van der Waals surface area contributed by atoms with Gasteiger partial charge in [0, 0.05) is 43.8 Å². The predicted molar refractivity (Wildman–Crippen MR) is 66.7 cm³/mol. The smallest absolute Gasteiger partial charge is 0.247 e. The highest BCUT2D eigenvalue weighted by Crippen LogP contribution is 2.29. The van der Waals surface area contributed by atoms with Gasteiger partial charge in [-0.25, -0.2) is 0 Å². The van der Waals surface area contributed by atoms with Gasteiger partial charge in [0.1, 0.15) is 0 Å². The first kappa shape index (κ1) is 11.2. The van der Waals surface area contributed by atoms with Crippen LogP contribution < -0.4 is 10.6 Å². The topological polar surface area (TPSA) is 44.4 Å². The van der Waals surface area contributed by atoms with Crippen molar-refractivity contribution in [2.45, 2.75) is 38.3 Å². The lowest BCUT2D eigenvalue weighted by molar-refractivity contribution is -0.118. The molecule has 2 heterocycles. The fourth-order valence-electron chi connectivity index (χ4n) is 2.65. The molecule has 3 aliphatic rings. The van der Waals surface area contributed by atoms with Gasteiger partial charge in [0.15, 0.2) is 0 Å². The number of hydrogen-bond acceptors (Lipinski definition) is 3. The van der Waals surface area contributed by atoms with Gasteiger partial charge in [0.2, 0.25) is 5.91 Å². The monoisotopic (exact) mass is 235 g/mol. The standard InChI is InChI=1S/C13H21N3O/c1-9(10-6-14-7-10)13(17)15-11-4-5-16(8-11)12-2-3-12/h11-12,14H,2-8H2,1H3,(H,15,17). The van der Waals surface area contributed by atoms with Crippen LogP contribution in [0.5, 0.6) is 0 Å². The van der Waals surface area contributed by atoms with E-state index >= 15 is 0 Å². The van der Waals surface area contributed by atoms with E-state index in [0.29, 0.717) is 6.04 Å². The molecule has 0 aromatic carbocycles. The number of carbonyl (C=O) groups is 1. The summed E-state index contributed by atoms with van der Waals surface area (Å²) in [7, 11) is 0. The Bertz CT molecular complexity index is 354. The summed E-state index contributed by atoms with van der Waals surface area (Å²) in [6, 6.07) is 1.19. The largest absolute Gasteiger partial charge is 0.348 e. The van der Waals surface area contributed by atoms with E-state index in [-0.39, 0.29) is 5.91 Å². The first-order chi connectivity index (χ1) is 8.24. The molecule has 2 aliphatic heterocycles. The molecule has 2 saturated heterocycles. The molecule has 0 aromatic rings. The molecule has 1 atom stereocenters. The zero-order valence-electron chi connectivity index (χ0n) is 10.5. The molecule has 94 valence electrons. The minimum absolute atomic E-state index is 0.143. The zero-order valence-corrected chi connectivity index (χ0v) is 10.5. The number of likely N-dealkylation sites (tertiary alicyclic amines) is 1. The van der Waals surface area contributed by atoms with Crippen molar-refractivity contribution in [3.8, 4) is 0 Å². The number of rotatable bonds is 3. The summed E-state index contributed by atoms with van der Waals surface area (Å²) < 4.78 is 0. The van der Waals surface area contributed by atoms with Crippen molar-refractivity contribution < 1.29 is 4.79 Å². The van der Waals surface area contributed by atoms with Crippen LogP contribution in [0.2, 0.25) is 0 Å². The third kappa shape index (κ3) is 2.38. The average molecular weight is 235 g/mol. The van der Waals surface area contributed by atoms with Crippen molar-refractivity contribution in [1.82, 2.24) is 15.5 Å². The second-order valence-electron chi connectivity index (χ2n) is 5.52. The molecule has 0 bridgehead atoms. The molecule has 3 rings (SSSR count). The molecule has 1 unspecified atom stereocenters. The first-order valence-corrected chi connectivity index (χ1v) is 6.68. The molecule has 2 N–H and O–H groups in total. The van der Waals surface area contributed by atoms with E-state index in [1.807, 2.05) is 6.92 Å². The van der Waals surface area contributed by atoms with Gasteiger partial charge >= 0.3 is 0 Å². The Balaban J connectivity index is 1.51. The van der Waals surface area contributed by atoms with Crippen molar-refractivity contribution in [1.29, 1.82) is 0 Å². The normalized spacial score (nSPS) is 29.0. The van der Waals surface area contributed by atoms with Crippen molar-refractivity contribution in [2.24, 2.45) is 0 Å². The highest BCUT2D eigenvalue weighted by atomic mass is 16.1. The lowest BCUT2D eigenvalue weighted by Crippen LogP contribution is -2.41. The molecule has 1 saturated carbocycles. The minimum Gasteiger partial charge on any atom is -0.348 e. The molecule has 0 aromatic heterocycles. The Kier molecular flexibility index (Phi) is 2.92. The van der Waals surface area contributed by atoms with E-state index in [0.717, 1.165) is 44.2 Å². The molecule has 4 nitrogen and oxygen atoms in total. The van der Waals surface area contributed by atoms with E-state index in [4.69, 9.17) is 0 Å². The van der Waals surface area contributed by atoms with Crippen LogP contribution in [0.15, 0.2) is 11.1 Å². The number of nitrogens with one attached hydrogen (secondary N) is 2. The summed E-state index contributed by atoms with van der Waals surface area (Å²) in [6.45, 7) is 5.93. The Hall–Kier alpha value is -0.870. The van der Waals surface area contributed by atoms with Crippen LogP contribution in [0.25, 0.3) is 0 Å². The fraction of sp³-hybridized carbons (Fsp3) is 0.769. The number of nitrogens with zero attached hydrogens (tertiary/aromatic N) is 1. The second kappa shape index (κ2) is 4.42. The Morgan fingerprint density at radius 2 is 2.12 bits per heavy atom. The molecule has 1 amide bonds. The molecular formula is C13H21N3O. The molecular weight excluding hydrogens is 214 g/mol. The molecule has 3 fully saturated rings. The second-order valence-corrected chi connectivity index (χ2v) is 5.52. The SMILES string of the molecule is CC(C(=O)NC1CCN(C2CC2)C1)=C1CNC1. The van der Waals surface area contributed by atoms with Gasteiger partial charge in [0.05, 0.1) is 0 Å². The lowest BCUT2D eigenvalue weighted by atomic mass is 10.0. The maximum atomic E-state index is 12.0. The predicted octanol–water partition coefficient (Wildman–Crippen LogP) is 0.259. The summed E-state index contributed by atoms with van der Waals surface area (Å²) in [4.78, 5) is 14.5. The third-order valence-corrected chi connectivity index (χ3v) is 4.17. The van der Waals surface area contributed by atoms with Crippen LogP contribution in [0.1, 0.15) is 26.2 Å². The van der Waals surface area contributed by atoms with Crippen LogP contribution in [-0.2, 0) is 4.79 Å². The maximum Gasteiger partial charge on any atom is 0.247 e. The van der Waals surface area contributed by atoms with Gasteiger partial charge in [-0.2, -0.15) is 0 Å². The summed E-state index contributed by atoms with van der Waals surface area (Å²) in [5.74, 6) is 0.143. The quantitative estimate of drug-likeness (QED) is 0.690. The maximum absolute atomic E-state index is 12.0. The van der Waals surface area contributed by atoms with E-state index in [1.54, 1.807) is 0 Å². The molecule has 4 heteroatoms. The Morgan fingerprint density at radius 1 is 1.35 bits per heavy atom. The summed E-state index contributed by atoms with van der Waals surface area (Å²) >= 11 is 0. The van der Waals surface area contributed by atoms with Gasteiger partial charge in [-0.05, 0) is 31.8 Å². The number of hydrogen-bond donors (Lipinski definition) is 2. The van der Waals surface area contributed by atoms with E-state index in [1.165, 1.54) is 18.4 Å². The lowest BCUT2D eigenvalue weighted by Gasteiger charge is -2.22. The van der Waals surface area contributed by atoms with Gasteiger partial charge in [-0.3, -0.25) is 9.69 Å². The van der Waals surface area contributed by atoms with Crippen LogP contribution in [0, 0.1) is 0 Å². The van der Waals surface area contributed by atoms with Crippen molar-refractivity contribution >= 4 is 5.91 Å². The van der Waals surface area contributed by atoms with Crippen molar-refractivity contribution in [3.63, 3.8) is 0 Å². The first-order valence-electron chi connectivity index (χ1n) is 6.68. The van der Waals surface area contributed by atoms with E-state index in [2.05, 4.69) is 15.5 Å². The highest BCUT2D eigenvalue weighted by Gasteiger charge is 2.34. The van der Waals surface area contributed by atoms with Crippen LogP contribution in [0.4, 0.5) is 0 Å². The van der Waals surface area contributed by atoms with E-state index < -0.39 is 0 Å². The number of carbonyl (C=O) groups excluding carboxylic acids is 1. The zero-order chi connectivity index (χ0) is 11.8. The molecule has 17 heavy (non-hydrogen) atoms. The van der Waals surface area contributed by atoms with Gasteiger partial charge < -0.3 is 10.6 Å². The van der Waals surface area contributed by atoms with E-state index in [9.17, 15) is 4.79 Å². The summed E-state index contributed by atoms with van der Waals surface area (Å²) in [5, 5.41) is 6.35. The average Bonchev–Trinajstić information content (AvgIpc) is 2.98. The van der Waals surface area contributed by atoms with Crippen LogP contribution in [0.3, 0.4) is 0 Å². The Labute approximate surface area is 102 Å². The number of amides is 1. The summed E-state index contributed by atoms with van der Waals surface area (Å²) in [6.07, 6.45) is 3.83. The van der Waals surface area contributed by atoms with Gasteiger partial charge in [0.25, 0.3) is 0 Å². The third-order valence-electron chi connectivity index (χ3n) is 4.17. The minimum atomic E-state index is 0.143. The molecule has 0 radical (unpaired) electrons. The highest BCUT2D eigenvalue weighted by molar-refractivity contribution is 5.94. The Morgan fingerprint density at radius 3 is 2.71 bits per heavy atom. The molecule has 0 spiro atoms. The van der Waals surface area contributed by atoms with Crippen molar-refractivity contribution in [2.75, 3.05) is 26.2 Å². The van der Waals surface area contributed by atoms with Crippen LogP contribution >= 0.6 is 0 Å². The van der Waals surface area contributed by atoms with Crippen molar-refractivity contribution in [3.05, 3.63) is 11.1 Å². The molecule has 1 aliphatic carbocycles. The summed E-state index contributed by atoms with van der Waals surface area (Å²) in [5.41, 5.74) is 2.19. The van der Waals surface area contributed by atoms with Gasteiger partial charge in [-0.15, -0.1) is 0 Å². The van der Waals surface area contributed by atoms with Crippen LogP contribution in [-0.4, -0.2) is 49.1 Å². The fourth-order valence-corrected chi connectivity index (χ4v) is 2.65. The van der Waals surface area contributed by atoms with Gasteiger partial charge in [-0.1, -0.05) is 0 Å².